The van der Waals surface area contributed by atoms with Gasteiger partial charge in [-0.3, -0.25) is 0 Å². The Labute approximate surface area is 108 Å². The molecule has 0 saturated heterocycles. The fourth-order valence-corrected chi connectivity index (χ4v) is 1.92. The molecule has 0 aromatic rings. The topological polar surface area (TPSA) is 52.6 Å². The molecule has 4 heteroatoms. The molecule has 0 amide bonds. The van der Waals surface area contributed by atoms with Crippen molar-refractivity contribution in [3.05, 3.63) is 12.2 Å². The molecule has 4 nitrogen and oxygen atoms in total. The first-order chi connectivity index (χ1) is 8.72. The first-order valence-electron chi connectivity index (χ1n) is 6.78. The van der Waals surface area contributed by atoms with Crippen LogP contribution >= 0.6 is 0 Å². The number of rotatable bonds is 7. The van der Waals surface area contributed by atoms with Crippen molar-refractivity contribution in [1.82, 2.24) is 0 Å². The van der Waals surface area contributed by atoms with Crippen molar-refractivity contribution in [2.45, 2.75) is 58.0 Å². The Hall–Kier alpha value is -1.32. The molecule has 1 aliphatic rings. The van der Waals surface area contributed by atoms with Crippen molar-refractivity contribution in [3.63, 3.8) is 0 Å². The van der Waals surface area contributed by atoms with Gasteiger partial charge in [0, 0.05) is 12.2 Å². The van der Waals surface area contributed by atoms with Crippen LogP contribution < -0.4 is 0 Å². The zero-order chi connectivity index (χ0) is 13.2. The van der Waals surface area contributed by atoms with Crippen molar-refractivity contribution in [2.75, 3.05) is 6.61 Å². The summed E-state index contributed by atoms with van der Waals surface area (Å²) in [4.78, 5) is 22.6. The highest BCUT2D eigenvalue weighted by atomic mass is 16.5. The smallest absolute Gasteiger partial charge is 0.331 e. The zero-order valence-corrected chi connectivity index (χ0v) is 11.0. The van der Waals surface area contributed by atoms with Gasteiger partial charge in [0.25, 0.3) is 0 Å². The predicted molar refractivity (Wildman–Crippen MR) is 68.0 cm³/mol. The van der Waals surface area contributed by atoms with E-state index in [2.05, 4.69) is 6.92 Å². The van der Waals surface area contributed by atoms with Crippen LogP contribution in [0.5, 0.6) is 0 Å². The molecule has 0 aliphatic heterocycles. The van der Waals surface area contributed by atoms with Gasteiger partial charge in [-0.2, -0.15) is 0 Å². The Morgan fingerprint density at radius 3 is 2.44 bits per heavy atom. The largest absolute Gasteiger partial charge is 0.463 e. The Bertz CT molecular complexity index is 290. The standard InChI is InChI=1S/C14H22O4/c1-2-3-6-11-17-13(15)9-10-14(16)18-12-7-4-5-8-12/h9-10,12H,2-8,11H2,1H3/b10-9+. The summed E-state index contributed by atoms with van der Waals surface area (Å²) in [5.74, 6) is -0.929. The van der Waals surface area contributed by atoms with Crippen LogP contribution in [0.4, 0.5) is 0 Å². The SMILES string of the molecule is CCCCCOC(=O)/C=C/C(=O)OC1CCCC1. The summed E-state index contributed by atoms with van der Waals surface area (Å²) in [6, 6.07) is 0. The Morgan fingerprint density at radius 2 is 1.78 bits per heavy atom. The summed E-state index contributed by atoms with van der Waals surface area (Å²) in [6.45, 7) is 2.50. The number of carbonyl (C=O) groups is 2. The van der Waals surface area contributed by atoms with Gasteiger partial charge in [-0.25, -0.2) is 9.59 Å². The molecule has 102 valence electrons. The van der Waals surface area contributed by atoms with Crippen LogP contribution in [0.3, 0.4) is 0 Å². The fourth-order valence-electron chi connectivity index (χ4n) is 1.92. The lowest BCUT2D eigenvalue weighted by Gasteiger charge is -2.08. The summed E-state index contributed by atoms with van der Waals surface area (Å²) in [7, 11) is 0. The third-order valence-electron chi connectivity index (χ3n) is 2.93. The Balaban J connectivity index is 2.13. The van der Waals surface area contributed by atoms with Gasteiger partial charge in [0.15, 0.2) is 0 Å². The third-order valence-corrected chi connectivity index (χ3v) is 2.93. The highest BCUT2D eigenvalue weighted by Crippen LogP contribution is 2.20. The van der Waals surface area contributed by atoms with E-state index in [4.69, 9.17) is 9.47 Å². The average molecular weight is 254 g/mol. The molecule has 0 N–H and O–H groups in total. The first kappa shape index (κ1) is 14.7. The van der Waals surface area contributed by atoms with E-state index < -0.39 is 11.9 Å². The van der Waals surface area contributed by atoms with Crippen LogP contribution in [0.15, 0.2) is 12.2 Å². The van der Waals surface area contributed by atoms with E-state index in [0.29, 0.717) is 6.61 Å². The van der Waals surface area contributed by atoms with E-state index in [0.717, 1.165) is 57.1 Å². The summed E-state index contributed by atoms with van der Waals surface area (Å²) in [6.07, 6.45) is 9.40. The molecule has 0 heterocycles. The lowest BCUT2D eigenvalue weighted by atomic mass is 10.3. The maximum atomic E-state index is 11.4. The second kappa shape index (κ2) is 8.72. The van der Waals surface area contributed by atoms with Gasteiger partial charge in [-0.1, -0.05) is 19.8 Å². The first-order valence-corrected chi connectivity index (χ1v) is 6.78. The second-order valence-corrected chi connectivity index (χ2v) is 4.55. The highest BCUT2D eigenvalue weighted by Gasteiger charge is 2.17. The molecule has 1 rings (SSSR count). The number of carbonyl (C=O) groups excluding carboxylic acids is 2. The molecule has 1 fully saturated rings. The molecule has 1 saturated carbocycles. The predicted octanol–water partition coefficient (Wildman–Crippen LogP) is 2.76. The fraction of sp³-hybridized carbons (Fsp3) is 0.714. The summed E-state index contributed by atoms with van der Waals surface area (Å²) < 4.78 is 10.1. The lowest BCUT2D eigenvalue weighted by molar-refractivity contribution is -0.143. The van der Waals surface area contributed by atoms with E-state index in [-0.39, 0.29) is 6.10 Å². The zero-order valence-electron chi connectivity index (χ0n) is 11.0. The van der Waals surface area contributed by atoms with Crippen molar-refractivity contribution < 1.29 is 19.1 Å². The van der Waals surface area contributed by atoms with Crippen molar-refractivity contribution in [3.8, 4) is 0 Å². The van der Waals surface area contributed by atoms with Gasteiger partial charge < -0.3 is 9.47 Å². The number of hydrogen-bond donors (Lipinski definition) is 0. The Kier molecular flexibility index (Phi) is 7.14. The molecule has 1 aliphatic carbocycles. The van der Waals surface area contributed by atoms with Crippen molar-refractivity contribution >= 4 is 11.9 Å². The third kappa shape index (κ3) is 6.42. The summed E-state index contributed by atoms with van der Waals surface area (Å²) in [5, 5.41) is 0. The van der Waals surface area contributed by atoms with E-state index in [1.54, 1.807) is 0 Å². The van der Waals surface area contributed by atoms with Crippen LogP contribution in [0.2, 0.25) is 0 Å². The van der Waals surface area contributed by atoms with Crippen molar-refractivity contribution in [2.24, 2.45) is 0 Å². The second-order valence-electron chi connectivity index (χ2n) is 4.55. The van der Waals surface area contributed by atoms with E-state index in [9.17, 15) is 9.59 Å². The normalized spacial score (nSPS) is 16.1. The average Bonchev–Trinajstić information content (AvgIpc) is 2.85. The van der Waals surface area contributed by atoms with Crippen molar-refractivity contribution in [1.29, 1.82) is 0 Å². The molecule has 0 atom stereocenters. The van der Waals surface area contributed by atoms with Gasteiger partial charge in [0.2, 0.25) is 0 Å². The highest BCUT2D eigenvalue weighted by molar-refractivity contribution is 5.91. The number of unbranched alkanes of at least 4 members (excludes halogenated alkanes) is 2. The maximum Gasteiger partial charge on any atom is 0.331 e. The van der Waals surface area contributed by atoms with Gasteiger partial charge >= 0.3 is 11.9 Å². The maximum absolute atomic E-state index is 11.4. The molecular formula is C14H22O4. The van der Waals surface area contributed by atoms with Gasteiger partial charge in [-0.05, 0) is 32.1 Å². The van der Waals surface area contributed by atoms with Crippen LogP contribution in [0.1, 0.15) is 51.9 Å². The minimum atomic E-state index is -0.477. The molecule has 18 heavy (non-hydrogen) atoms. The van der Waals surface area contributed by atoms with Gasteiger partial charge in [0.1, 0.15) is 6.10 Å². The lowest BCUT2D eigenvalue weighted by Crippen LogP contribution is -2.13. The summed E-state index contributed by atoms with van der Waals surface area (Å²) >= 11 is 0. The Morgan fingerprint density at radius 1 is 1.11 bits per heavy atom. The van der Waals surface area contributed by atoms with E-state index in [1.165, 1.54) is 0 Å². The molecule has 0 bridgehead atoms. The van der Waals surface area contributed by atoms with E-state index >= 15 is 0 Å². The molecule has 0 unspecified atom stereocenters. The van der Waals surface area contributed by atoms with Gasteiger partial charge in [-0.15, -0.1) is 0 Å². The molecule has 0 aromatic carbocycles. The molecule has 0 radical (unpaired) electrons. The number of ether oxygens (including phenoxy) is 2. The minimum Gasteiger partial charge on any atom is -0.463 e. The monoisotopic (exact) mass is 254 g/mol. The number of hydrogen-bond acceptors (Lipinski definition) is 4. The van der Waals surface area contributed by atoms with Crippen LogP contribution in [0, 0.1) is 0 Å². The molecular weight excluding hydrogens is 232 g/mol. The van der Waals surface area contributed by atoms with E-state index in [1.807, 2.05) is 0 Å². The van der Waals surface area contributed by atoms with Crippen LogP contribution in [0.25, 0.3) is 0 Å². The quantitative estimate of drug-likeness (QED) is 0.398. The minimum absolute atomic E-state index is 0.0303. The molecule has 0 spiro atoms. The van der Waals surface area contributed by atoms with Gasteiger partial charge in [0.05, 0.1) is 6.61 Å². The van der Waals surface area contributed by atoms with Crippen LogP contribution in [-0.4, -0.2) is 24.6 Å². The molecule has 0 aromatic heterocycles. The number of esters is 2. The van der Waals surface area contributed by atoms with Crippen LogP contribution in [-0.2, 0) is 19.1 Å². The summed E-state index contributed by atoms with van der Waals surface area (Å²) in [5.41, 5.74) is 0.